The van der Waals surface area contributed by atoms with Gasteiger partial charge in [0.2, 0.25) is 0 Å². The van der Waals surface area contributed by atoms with Crippen LogP contribution < -0.4 is 5.32 Å². The van der Waals surface area contributed by atoms with E-state index in [2.05, 4.69) is 47.7 Å². The predicted molar refractivity (Wildman–Crippen MR) is 90.7 cm³/mol. The van der Waals surface area contributed by atoms with Crippen molar-refractivity contribution in [3.8, 4) is 0 Å². The Labute approximate surface area is 128 Å². The quantitative estimate of drug-likeness (QED) is 0.793. The van der Waals surface area contributed by atoms with E-state index in [-0.39, 0.29) is 0 Å². The fraction of sp³-hybridized carbons (Fsp3) is 0.579. The zero-order valence-electron chi connectivity index (χ0n) is 13.2. The molecule has 1 aromatic carbocycles. The van der Waals surface area contributed by atoms with Crippen molar-refractivity contribution in [1.29, 1.82) is 0 Å². The van der Waals surface area contributed by atoms with Gasteiger partial charge in [-0.15, -0.1) is 0 Å². The lowest BCUT2D eigenvalue weighted by atomic mass is 9.83. The third-order valence-corrected chi connectivity index (χ3v) is 5.05. The highest BCUT2D eigenvalue weighted by molar-refractivity contribution is 5.83. The van der Waals surface area contributed by atoms with Crippen LogP contribution in [-0.2, 0) is 6.42 Å². The Morgan fingerprint density at radius 1 is 1.14 bits per heavy atom. The summed E-state index contributed by atoms with van der Waals surface area (Å²) in [7, 11) is 0. The fourth-order valence-corrected chi connectivity index (χ4v) is 3.81. The van der Waals surface area contributed by atoms with E-state index in [4.69, 9.17) is 0 Å². The number of benzene rings is 1. The molecule has 2 N–H and O–H groups in total. The number of nitrogens with one attached hydrogen (secondary N) is 2. The summed E-state index contributed by atoms with van der Waals surface area (Å²) in [5, 5.41) is 5.15. The average molecular weight is 284 g/mol. The van der Waals surface area contributed by atoms with Crippen molar-refractivity contribution in [1.82, 2.24) is 10.3 Å². The van der Waals surface area contributed by atoms with E-state index in [9.17, 15) is 0 Å². The molecular formula is C19H28N2. The zero-order chi connectivity index (χ0) is 14.5. The average Bonchev–Trinajstić information content (AvgIpc) is 2.93. The highest BCUT2D eigenvalue weighted by atomic mass is 14.9. The summed E-state index contributed by atoms with van der Waals surface area (Å²) >= 11 is 0. The third kappa shape index (κ3) is 3.68. The SMILES string of the molecule is CCCC1CCC(NCCc2c[nH]c3ccccc23)CC1. The van der Waals surface area contributed by atoms with Crippen LogP contribution in [0.25, 0.3) is 10.9 Å². The fourth-order valence-electron chi connectivity index (χ4n) is 3.81. The minimum Gasteiger partial charge on any atom is -0.361 e. The molecule has 0 spiro atoms. The van der Waals surface area contributed by atoms with Crippen LogP contribution in [0.3, 0.4) is 0 Å². The van der Waals surface area contributed by atoms with Crippen molar-refractivity contribution < 1.29 is 0 Å². The lowest BCUT2D eigenvalue weighted by molar-refractivity contribution is 0.279. The van der Waals surface area contributed by atoms with Crippen LogP contribution in [-0.4, -0.2) is 17.6 Å². The summed E-state index contributed by atoms with van der Waals surface area (Å²) in [6.07, 6.45) is 11.7. The maximum Gasteiger partial charge on any atom is 0.0456 e. The highest BCUT2D eigenvalue weighted by Gasteiger charge is 2.19. The summed E-state index contributed by atoms with van der Waals surface area (Å²) in [5.41, 5.74) is 2.70. The molecule has 0 radical (unpaired) electrons. The topological polar surface area (TPSA) is 27.8 Å². The molecule has 1 heterocycles. The van der Waals surface area contributed by atoms with E-state index in [1.807, 2.05) is 0 Å². The molecule has 21 heavy (non-hydrogen) atoms. The van der Waals surface area contributed by atoms with Crippen molar-refractivity contribution in [2.75, 3.05) is 6.54 Å². The lowest BCUT2D eigenvalue weighted by Crippen LogP contribution is -2.34. The van der Waals surface area contributed by atoms with Gasteiger partial charge in [-0.2, -0.15) is 0 Å². The summed E-state index contributed by atoms with van der Waals surface area (Å²) in [4.78, 5) is 3.37. The molecule has 0 amide bonds. The van der Waals surface area contributed by atoms with Gasteiger partial charge in [-0.05, 0) is 56.2 Å². The molecule has 2 heteroatoms. The van der Waals surface area contributed by atoms with Gasteiger partial charge >= 0.3 is 0 Å². The predicted octanol–water partition coefficient (Wildman–Crippen LogP) is 4.66. The van der Waals surface area contributed by atoms with Crippen LogP contribution >= 0.6 is 0 Å². The van der Waals surface area contributed by atoms with Gasteiger partial charge in [0.25, 0.3) is 0 Å². The summed E-state index contributed by atoms with van der Waals surface area (Å²) < 4.78 is 0. The zero-order valence-corrected chi connectivity index (χ0v) is 13.2. The molecule has 3 rings (SSSR count). The maximum absolute atomic E-state index is 3.77. The molecule has 2 aromatic rings. The summed E-state index contributed by atoms with van der Waals surface area (Å²) in [5.74, 6) is 1.00. The maximum atomic E-state index is 3.77. The first-order chi connectivity index (χ1) is 10.4. The summed E-state index contributed by atoms with van der Waals surface area (Å²) in [6.45, 7) is 3.41. The van der Waals surface area contributed by atoms with E-state index in [1.165, 1.54) is 55.0 Å². The molecular weight excluding hydrogens is 256 g/mol. The molecule has 0 atom stereocenters. The molecule has 1 fully saturated rings. The van der Waals surface area contributed by atoms with Gasteiger partial charge in [0, 0.05) is 23.1 Å². The first kappa shape index (κ1) is 14.6. The van der Waals surface area contributed by atoms with E-state index in [0.29, 0.717) is 0 Å². The Balaban J connectivity index is 1.44. The molecule has 1 saturated carbocycles. The van der Waals surface area contributed by atoms with Crippen molar-refractivity contribution in [3.05, 3.63) is 36.0 Å². The number of aromatic nitrogens is 1. The molecule has 2 nitrogen and oxygen atoms in total. The first-order valence-electron chi connectivity index (χ1n) is 8.65. The van der Waals surface area contributed by atoms with Gasteiger partial charge in [0.1, 0.15) is 0 Å². The van der Waals surface area contributed by atoms with Crippen LogP contribution in [0.15, 0.2) is 30.5 Å². The number of hydrogen-bond acceptors (Lipinski definition) is 1. The minimum atomic E-state index is 0.753. The second-order valence-electron chi connectivity index (χ2n) is 6.57. The number of rotatable bonds is 6. The van der Waals surface area contributed by atoms with E-state index < -0.39 is 0 Å². The second kappa shape index (κ2) is 7.13. The van der Waals surface area contributed by atoms with Crippen molar-refractivity contribution in [2.45, 2.75) is 57.9 Å². The number of H-pyrrole nitrogens is 1. The Bertz CT molecular complexity index is 549. The number of fused-ring (bicyclic) bond motifs is 1. The number of hydrogen-bond donors (Lipinski definition) is 2. The van der Waals surface area contributed by atoms with Crippen LogP contribution in [0.4, 0.5) is 0 Å². The van der Waals surface area contributed by atoms with Crippen molar-refractivity contribution in [3.63, 3.8) is 0 Å². The molecule has 0 bridgehead atoms. The van der Waals surface area contributed by atoms with Gasteiger partial charge in [0.15, 0.2) is 0 Å². The molecule has 1 aliphatic rings. The molecule has 0 aliphatic heterocycles. The Morgan fingerprint density at radius 2 is 1.95 bits per heavy atom. The number of aromatic amines is 1. The van der Waals surface area contributed by atoms with E-state index >= 15 is 0 Å². The lowest BCUT2D eigenvalue weighted by Gasteiger charge is -2.29. The van der Waals surface area contributed by atoms with Crippen LogP contribution in [0.5, 0.6) is 0 Å². The van der Waals surface area contributed by atoms with Crippen LogP contribution in [0.2, 0.25) is 0 Å². The third-order valence-electron chi connectivity index (χ3n) is 5.05. The normalized spacial score (nSPS) is 22.7. The van der Waals surface area contributed by atoms with Gasteiger partial charge in [-0.1, -0.05) is 38.0 Å². The second-order valence-corrected chi connectivity index (χ2v) is 6.57. The largest absolute Gasteiger partial charge is 0.361 e. The highest BCUT2D eigenvalue weighted by Crippen LogP contribution is 2.27. The van der Waals surface area contributed by atoms with Gasteiger partial charge in [-0.25, -0.2) is 0 Å². The van der Waals surface area contributed by atoms with Crippen molar-refractivity contribution in [2.24, 2.45) is 5.92 Å². The van der Waals surface area contributed by atoms with Crippen LogP contribution in [0, 0.1) is 5.92 Å². The monoisotopic (exact) mass is 284 g/mol. The molecule has 0 saturated heterocycles. The molecule has 1 aliphatic carbocycles. The molecule has 114 valence electrons. The van der Waals surface area contributed by atoms with Crippen LogP contribution in [0.1, 0.15) is 51.0 Å². The van der Waals surface area contributed by atoms with E-state index in [1.54, 1.807) is 0 Å². The first-order valence-corrected chi connectivity index (χ1v) is 8.65. The van der Waals surface area contributed by atoms with Gasteiger partial charge < -0.3 is 10.3 Å². The van der Waals surface area contributed by atoms with Gasteiger partial charge in [0.05, 0.1) is 0 Å². The molecule has 0 unspecified atom stereocenters. The Morgan fingerprint density at radius 3 is 2.76 bits per heavy atom. The smallest absolute Gasteiger partial charge is 0.0456 e. The van der Waals surface area contributed by atoms with E-state index in [0.717, 1.165) is 24.9 Å². The minimum absolute atomic E-state index is 0.753. The molecule has 1 aromatic heterocycles. The van der Waals surface area contributed by atoms with Crippen molar-refractivity contribution >= 4 is 10.9 Å². The number of para-hydroxylation sites is 1. The Kier molecular flexibility index (Phi) is 4.97. The standard InChI is InChI=1S/C19H28N2/c1-2-5-15-8-10-17(11-9-15)20-13-12-16-14-21-19-7-4-3-6-18(16)19/h3-4,6-7,14-15,17,20-21H,2,5,8-13H2,1H3. The summed E-state index contributed by atoms with van der Waals surface area (Å²) in [6, 6.07) is 9.35. The van der Waals surface area contributed by atoms with Gasteiger partial charge in [-0.3, -0.25) is 0 Å². The Hall–Kier alpha value is -1.28.